The number of piperazine rings is 1. The first-order valence-electron chi connectivity index (χ1n) is 8.68. The Labute approximate surface area is 143 Å². The zero-order valence-corrected chi connectivity index (χ0v) is 14.7. The zero-order valence-electron chi connectivity index (χ0n) is 14.7. The fourth-order valence-electron chi connectivity index (χ4n) is 2.84. The highest BCUT2D eigenvalue weighted by molar-refractivity contribution is 5.50. The predicted molar refractivity (Wildman–Crippen MR) is 98.8 cm³/mol. The monoisotopic (exact) mass is 326 g/mol. The van der Waals surface area contributed by atoms with E-state index in [4.69, 9.17) is 0 Å². The lowest BCUT2D eigenvalue weighted by molar-refractivity contribution is 0.634. The maximum atomic E-state index is 4.62. The lowest BCUT2D eigenvalue weighted by Gasteiger charge is -2.36. The Hall–Kier alpha value is -2.37. The summed E-state index contributed by atoms with van der Waals surface area (Å²) in [5.74, 6) is 1.52. The number of nitrogens with zero attached hydrogens (tertiary/aromatic N) is 5. The van der Waals surface area contributed by atoms with Gasteiger partial charge in [-0.2, -0.15) is 10.1 Å². The highest BCUT2D eigenvalue weighted by atomic mass is 15.4. The van der Waals surface area contributed by atoms with Gasteiger partial charge >= 0.3 is 0 Å². The summed E-state index contributed by atoms with van der Waals surface area (Å²) in [6.45, 7) is 10.2. The number of rotatable bonds is 5. The fraction of sp³-hybridized carbons (Fsp3) is 0.500. The Bertz CT molecular complexity index is 666. The van der Waals surface area contributed by atoms with Crippen molar-refractivity contribution < 1.29 is 0 Å². The normalized spacial score (nSPS) is 16.1. The number of aromatic nitrogens is 3. The van der Waals surface area contributed by atoms with E-state index in [1.807, 2.05) is 0 Å². The molecule has 1 aromatic carbocycles. The van der Waals surface area contributed by atoms with Gasteiger partial charge in [0.15, 0.2) is 5.82 Å². The summed E-state index contributed by atoms with van der Waals surface area (Å²) < 4.78 is 0. The molecule has 1 fully saturated rings. The number of hydrogen-bond donors (Lipinski definition) is 1. The van der Waals surface area contributed by atoms with E-state index in [1.165, 1.54) is 11.3 Å². The second kappa shape index (κ2) is 7.47. The summed E-state index contributed by atoms with van der Waals surface area (Å²) in [4.78, 5) is 9.24. The lowest BCUT2D eigenvalue weighted by atomic mass is 10.2. The van der Waals surface area contributed by atoms with Crippen molar-refractivity contribution in [2.75, 3.05) is 41.3 Å². The molecular formula is C18H26N6. The Kier molecular flexibility index (Phi) is 5.13. The highest BCUT2D eigenvalue weighted by Crippen LogP contribution is 2.19. The van der Waals surface area contributed by atoms with E-state index in [0.29, 0.717) is 12.0 Å². The van der Waals surface area contributed by atoms with E-state index >= 15 is 0 Å². The van der Waals surface area contributed by atoms with Crippen molar-refractivity contribution in [3.63, 3.8) is 0 Å². The minimum Gasteiger partial charge on any atom is -0.368 e. The van der Waals surface area contributed by atoms with Gasteiger partial charge in [0.1, 0.15) is 0 Å². The molecule has 1 N–H and O–H groups in total. The van der Waals surface area contributed by atoms with Crippen LogP contribution in [-0.2, 0) is 0 Å². The van der Waals surface area contributed by atoms with Gasteiger partial charge in [0.25, 0.3) is 0 Å². The SMILES string of the molecule is CCC(C)Nc1cnnc(N2CCN(c3cccc(C)c3)CC2)n1. The maximum Gasteiger partial charge on any atom is 0.247 e. The molecule has 6 heteroatoms. The molecule has 2 heterocycles. The van der Waals surface area contributed by atoms with Gasteiger partial charge in [-0.05, 0) is 38.0 Å². The predicted octanol–water partition coefficient (Wildman–Crippen LogP) is 2.72. The van der Waals surface area contributed by atoms with Crippen molar-refractivity contribution in [3.8, 4) is 0 Å². The van der Waals surface area contributed by atoms with E-state index in [-0.39, 0.29) is 0 Å². The van der Waals surface area contributed by atoms with Gasteiger partial charge < -0.3 is 15.1 Å². The van der Waals surface area contributed by atoms with Crippen molar-refractivity contribution >= 4 is 17.5 Å². The molecule has 0 amide bonds. The Balaban J connectivity index is 1.63. The first-order valence-corrected chi connectivity index (χ1v) is 8.68. The third kappa shape index (κ3) is 3.93. The van der Waals surface area contributed by atoms with Crippen LogP contribution in [-0.4, -0.2) is 47.4 Å². The molecule has 0 aliphatic carbocycles. The molecule has 24 heavy (non-hydrogen) atoms. The number of aryl methyl sites for hydroxylation is 1. The van der Waals surface area contributed by atoms with Crippen LogP contribution in [0.5, 0.6) is 0 Å². The minimum absolute atomic E-state index is 0.382. The Morgan fingerprint density at radius 2 is 1.92 bits per heavy atom. The molecule has 2 aromatic rings. The van der Waals surface area contributed by atoms with Gasteiger partial charge in [0, 0.05) is 37.9 Å². The summed E-state index contributed by atoms with van der Waals surface area (Å²) in [6.07, 6.45) is 2.74. The topological polar surface area (TPSA) is 57.2 Å². The van der Waals surface area contributed by atoms with Crippen molar-refractivity contribution in [2.24, 2.45) is 0 Å². The molecule has 0 saturated carbocycles. The second-order valence-corrected chi connectivity index (χ2v) is 6.41. The summed E-state index contributed by atoms with van der Waals surface area (Å²) >= 11 is 0. The molecule has 1 saturated heterocycles. The van der Waals surface area contributed by atoms with E-state index < -0.39 is 0 Å². The van der Waals surface area contributed by atoms with Crippen LogP contribution in [0.4, 0.5) is 17.5 Å². The second-order valence-electron chi connectivity index (χ2n) is 6.41. The summed E-state index contributed by atoms with van der Waals surface area (Å²) in [6, 6.07) is 9.05. The molecule has 128 valence electrons. The molecule has 0 spiro atoms. The molecule has 6 nitrogen and oxygen atoms in total. The summed E-state index contributed by atoms with van der Waals surface area (Å²) in [5.41, 5.74) is 2.59. The molecule has 1 atom stereocenters. The fourth-order valence-corrected chi connectivity index (χ4v) is 2.84. The van der Waals surface area contributed by atoms with Crippen LogP contribution >= 0.6 is 0 Å². The van der Waals surface area contributed by atoms with E-state index in [2.05, 4.69) is 75.3 Å². The van der Waals surface area contributed by atoms with Crippen molar-refractivity contribution in [2.45, 2.75) is 33.2 Å². The third-order valence-corrected chi connectivity index (χ3v) is 4.48. The average Bonchev–Trinajstić information content (AvgIpc) is 2.62. The number of anilines is 3. The largest absolute Gasteiger partial charge is 0.368 e. The molecule has 0 radical (unpaired) electrons. The van der Waals surface area contributed by atoms with Gasteiger partial charge in [-0.25, -0.2) is 0 Å². The van der Waals surface area contributed by atoms with Crippen LogP contribution in [0, 0.1) is 6.92 Å². The molecule has 1 unspecified atom stereocenters. The quantitative estimate of drug-likeness (QED) is 0.912. The van der Waals surface area contributed by atoms with Gasteiger partial charge in [-0.1, -0.05) is 19.1 Å². The minimum atomic E-state index is 0.382. The van der Waals surface area contributed by atoms with Crippen molar-refractivity contribution in [3.05, 3.63) is 36.0 Å². The van der Waals surface area contributed by atoms with Crippen LogP contribution in [0.2, 0.25) is 0 Å². The van der Waals surface area contributed by atoms with Gasteiger partial charge in [0.05, 0.1) is 6.20 Å². The molecule has 1 aromatic heterocycles. The number of hydrogen-bond acceptors (Lipinski definition) is 6. The van der Waals surface area contributed by atoms with Gasteiger partial charge in [-0.15, -0.1) is 5.10 Å². The zero-order chi connectivity index (χ0) is 16.9. The maximum absolute atomic E-state index is 4.62. The summed E-state index contributed by atoms with van der Waals surface area (Å²) in [7, 11) is 0. The van der Waals surface area contributed by atoms with Crippen LogP contribution in [0.25, 0.3) is 0 Å². The summed E-state index contributed by atoms with van der Waals surface area (Å²) in [5, 5.41) is 11.7. The Morgan fingerprint density at radius 1 is 1.17 bits per heavy atom. The highest BCUT2D eigenvalue weighted by Gasteiger charge is 2.20. The molecule has 1 aliphatic heterocycles. The van der Waals surface area contributed by atoms with Gasteiger partial charge in [-0.3, -0.25) is 0 Å². The molecule has 0 bridgehead atoms. The number of nitrogens with one attached hydrogen (secondary N) is 1. The van der Waals surface area contributed by atoms with E-state index in [9.17, 15) is 0 Å². The van der Waals surface area contributed by atoms with Crippen molar-refractivity contribution in [1.29, 1.82) is 0 Å². The lowest BCUT2D eigenvalue weighted by Crippen LogP contribution is -2.47. The average molecular weight is 326 g/mol. The van der Waals surface area contributed by atoms with Crippen LogP contribution < -0.4 is 15.1 Å². The third-order valence-electron chi connectivity index (χ3n) is 4.48. The molecular weight excluding hydrogens is 300 g/mol. The first kappa shape index (κ1) is 16.5. The molecule has 3 rings (SSSR count). The van der Waals surface area contributed by atoms with E-state index in [1.54, 1.807) is 6.20 Å². The van der Waals surface area contributed by atoms with Crippen molar-refractivity contribution in [1.82, 2.24) is 15.2 Å². The van der Waals surface area contributed by atoms with Crippen LogP contribution in [0.3, 0.4) is 0 Å². The number of benzene rings is 1. The standard InChI is InChI=1S/C18H26N6/c1-4-15(3)20-17-13-19-22-18(21-17)24-10-8-23(9-11-24)16-7-5-6-14(2)12-16/h5-7,12-13,15H,4,8-11H2,1-3H3,(H,20,21,22). The molecule has 1 aliphatic rings. The first-order chi connectivity index (χ1) is 11.7. The Morgan fingerprint density at radius 3 is 2.62 bits per heavy atom. The van der Waals surface area contributed by atoms with E-state index in [0.717, 1.165) is 38.4 Å². The van der Waals surface area contributed by atoms with Crippen LogP contribution in [0.15, 0.2) is 30.5 Å². The smallest absolute Gasteiger partial charge is 0.247 e. The van der Waals surface area contributed by atoms with Crippen LogP contribution in [0.1, 0.15) is 25.8 Å². The van der Waals surface area contributed by atoms with Gasteiger partial charge in [0.2, 0.25) is 5.95 Å².